The molecule has 2 atom stereocenters. The summed E-state index contributed by atoms with van der Waals surface area (Å²) in [6.45, 7) is 0. The minimum absolute atomic E-state index is 0.268. The lowest BCUT2D eigenvalue weighted by molar-refractivity contribution is 1.01. The van der Waals surface area contributed by atoms with Crippen molar-refractivity contribution in [1.29, 1.82) is 5.26 Å². The summed E-state index contributed by atoms with van der Waals surface area (Å²) in [6.07, 6.45) is 1.02. The van der Waals surface area contributed by atoms with Gasteiger partial charge in [-0.15, -0.1) is 0 Å². The average molecular weight is 223 g/mol. The van der Waals surface area contributed by atoms with Gasteiger partial charge < -0.3 is 11.1 Å². The largest absolute Gasteiger partial charge is 0.380 e. The molecule has 1 fully saturated rings. The molecule has 0 radical (unpaired) electrons. The van der Waals surface area contributed by atoms with Crippen LogP contribution in [0.3, 0.4) is 0 Å². The molecule has 2 unspecified atom stereocenters. The fourth-order valence-corrected chi connectivity index (χ4v) is 2.10. The molecule has 0 aliphatic heterocycles. The van der Waals surface area contributed by atoms with Gasteiger partial charge in [0.15, 0.2) is 0 Å². The number of anilines is 1. The molecule has 1 aliphatic rings. The molecule has 0 saturated heterocycles. The molecule has 84 valence electrons. The molecule has 1 aliphatic carbocycles. The van der Waals surface area contributed by atoms with Crippen molar-refractivity contribution in [2.24, 2.45) is 5.73 Å². The lowest BCUT2D eigenvalue weighted by atomic mass is 10.0. The molecule has 1 saturated carbocycles. The standard InChI is InChI=1S/C14H13N3/c15-8-9-5-6-13(17-14-7-12(14)16)11-4-2-1-3-10(9)11/h1-6,12,14,17H,7,16H2. The van der Waals surface area contributed by atoms with E-state index in [-0.39, 0.29) is 6.04 Å². The van der Waals surface area contributed by atoms with Gasteiger partial charge in [0, 0.05) is 28.5 Å². The summed E-state index contributed by atoms with van der Waals surface area (Å²) in [4.78, 5) is 0. The first-order valence-electron chi connectivity index (χ1n) is 5.73. The van der Waals surface area contributed by atoms with Gasteiger partial charge in [-0.2, -0.15) is 5.26 Å². The second-order valence-electron chi connectivity index (χ2n) is 4.47. The highest BCUT2D eigenvalue weighted by Crippen LogP contribution is 2.30. The number of nitrogens with two attached hydrogens (primary N) is 1. The van der Waals surface area contributed by atoms with Crippen LogP contribution >= 0.6 is 0 Å². The van der Waals surface area contributed by atoms with Gasteiger partial charge in [0.1, 0.15) is 0 Å². The first-order chi connectivity index (χ1) is 8.29. The quantitative estimate of drug-likeness (QED) is 0.820. The zero-order valence-electron chi connectivity index (χ0n) is 9.35. The summed E-state index contributed by atoms with van der Waals surface area (Å²) >= 11 is 0. The minimum Gasteiger partial charge on any atom is -0.380 e. The molecule has 3 N–H and O–H groups in total. The summed E-state index contributed by atoms with van der Waals surface area (Å²) < 4.78 is 0. The fraction of sp³-hybridized carbons (Fsp3) is 0.214. The summed E-state index contributed by atoms with van der Waals surface area (Å²) in [7, 11) is 0. The van der Waals surface area contributed by atoms with E-state index in [1.165, 1.54) is 0 Å². The van der Waals surface area contributed by atoms with Gasteiger partial charge in [-0.1, -0.05) is 24.3 Å². The number of nitrogens with zero attached hydrogens (tertiary/aromatic N) is 1. The van der Waals surface area contributed by atoms with Crippen LogP contribution in [0.15, 0.2) is 36.4 Å². The molecule has 2 aromatic carbocycles. The highest BCUT2D eigenvalue weighted by molar-refractivity contribution is 5.97. The van der Waals surface area contributed by atoms with Gasteiger partial charge in [0.25, 0.3) is 0 Å². The van der Waals surface area contributed by atoms with Crippen LogP contribution in [0, 0.1) is 11.3 Å². The van der Waals surface area contributed by atoms with Crippen molar-refractivity contribution in [2.45, 2.75) is 18.5 Å². The lowest BCUT2D eigenvalue weighted by Crippen LogP contribution is -2.13. The van der Waals surface area contributed by atoms with E-state index in [1.54, 1.807) is 0 Å². The fourth-order valence-electron chi connectivity index (χ4n) is 2.10. The molecule has 0 amide bonds. The monoisotopic (exact) mass is 223 g/mol. The summed E-state index contributed by atoms with van der Waals surface area (Å²) in [5.41, 5.74) is 7.58. The normalized spacial score (nSPS) is 22.1. The van der Waals surface area contributed by atoms with Gasteiger partial charge in [-0.25, -0.2) is 0 Å². The number of hydrogen-bond donors (Lipinski definition) is 2. The first kappa shape index (κ1) is 10.1. The summed E-state index contributed by atoms with van der Waals surface area (Å²) in [5, 5.41) is 14.6. The molecule has 3 nitrogen and oxygen atoms in total. The Labute approximate surface area is 99.8 Å². The van der Waals surface area contributed by atoms with Crippen LogP contribution in [-0.2, 0) is 0 Å². The van der Waals surface area contributed by atoms with Crippen molar-refractivity contribution in [3.05, 3.63) is 42.0 Å². The maximum Gasteiger partial charge on any atom is 0.0998 e. The van der Waals surface area contributed by atoms with E-state index in [1.807, 2.05) is 36.4 Å². The van der Waals surface area contributed by atoms with Crippen LogP contribution in [0.25, 0.3) is 10.8 Å². The zero-order chi connectivity index (χ0) is 11.8. The van der Waals surface area contributed by atoms with E-state index in [0.717, 1.165) is 22.9 Å². The Hall–Kier alpha value is -2.05. The van der Waals surface area contributed by atoms with Gasteiger partial charge in [0.05, 0.1) is 11.6 Å². The lowest BCUT2D eigenvalue weighted by Gasteiger charge is -2.10. The third-order valence-electron chi connectivity index (χ3n) is 3.23. The summed E-state index contributed by atoms with van der Waals surface area (Å²) in [5.74, 6) is 0. The van der Waals surface area contributed by atoms with E-state index in [0.29, 0.717) is 11.6 Å². The van der Waals surface area contributed by atoms with E-state index >= 15 is 0 Å². The van der Waals surface area contributed by atoms with Crippen LogP contribution in [0.5, 0.6) is 0 Å². The predicted octanol–water partition coefficient (Wildman–Crippen LogP) is 2.22. The number of nitriles is 1. The predicted molar refractivity (Wildman–Crippen MR) is 68.7 cm³/mol. The van der Waals surface area contributed by atoms with Crippen LogP contribution in [0.1, 0.15) is 12.0 Å². The van der Waals surface area contributed by atoms with Gasteiger partial charge in [-0.3, -0.25) is 0 Å². The molecule has 0 spiro atoms. The molecule has 0 aromatic heterocycles. The Morgan fingerprint density at radius 3 is 2.53 bits per heavy atom. The highest BCUT2D eigenvalue weighted by atomic mass is 15.0. The minimum atomic E-state index is 0.268. The maximum absolute atomic E-state index is 9.07. The number of rotatable bonds is 2. The zero-order valence-corrected chi connectivity index (χ0v) is 9.35. The van der Waals surface area contributed by atoms with E-state index < -0.39 is 0 Å². The molecule has 17 heavy (non-hydrogen) atoms. The Morgan fingerprint density at radius 1 is 1.18 bits per heavy atom. The molecule has 0 bridgehead atoms. The number of benzene rings is 2. The van der Waals surface area contributed by atoms with E-state index in [9.17, 15) is 0 Å². The molecule has 3 heteroatoms. The molecule has 2 aromatic rings. The SMILES string of the molecule is N#Cc1ccc(NC2CC2N)c2ccccc12. The topological polar surface area (TPSA) is 61.8 Å². The van der Waals surface area contributed by atoms with E-state index in [2.05, 4.69) is 11.4 Å². The second kappa shape index (κ2) is 3.76. The van der Waals surface area contributed by atoms with Crippen molar-refractivity contribution < 1.29 is 0 Å². The molecular formula is C14H13N3. The number of nitrogens with one attached hydrogen (secondary N) is 1. The number of hydrogen-bond acceptors (Lipinski definition) is 3. The Morgan fingerprint density at radius 2 is 1.88 bits per heavy atom. The summed E-state index contributed by atoms with van der Waals surface area (Å²) in [6, 6.07) is 14.6. The maximum atomic E-state index is 9.07. The molecule has 3 rings (SSSR count). The average Bonchev–Trinajstić information content (AvgIpc) is 3.05. The van der Waals surface area contributed by atoms with Crippen LogP contribution in [0.2, 0.25) is 0 Å². The highest BCUT2D eigenvalue weighted by Gasteiger charge is 2.33. The third-order valence-corrected chi connectivity index (χ3v) is 3.23. The molecule has 0 heterocycles. The van der Waals surface area contributed by atoms with Crippen molar-refractivity contribution >= 4 is 16.5 Å². The first-order valence-corrected chi connectivity index (χ1v) is 5.73. The Balaban J connectivity index is 2.10. The van der Waals surface area contributed by atoms with Crippen molar-refractivity contribution in [1.82, 2.24) is 0 Å². The molecular weight excluding hydrogens is 210 g/mol. The Bertz CT molecular complexity index is 612. The van der Waals surface area contributed by atoms with E-state index in [4.69, 9.17) is 11.0 Å². The van der Waals surface area contributed by atoms with Crippen molar-refractivity contribution in [3.8, 4) is 6.07 Å². The van der Waals surface area contributed by atoms with Gasteiger partial charge in [-0.05, 0) is 18.6 Å². The van der Waals surface area contributed by atoms with Gasteiger partial charge >= 0.3 is 0 Å². The third kappa shape index (κ3) is 1.73. The Kier molecular flexibility index (Phi) is 2.24. The van der Waals surface area contributed by atoms with Gasteiger partial charge in [0.2, 0.25) is 0 Å². The van der Waals surface area contributed by atoms with Crippen molar-refractivity contribution in [3.63, 3.8) is 0 Å². The smallest absolute Gasteiger partial charge is 0.0998 e. The van der Waals surface area contributed by atoms with Crippen LogP contribution in [0.4, 0.5) is 5.69 Å². The van der Waals surface area contributed by atoms with Crippen LogP contribution in [-0.4, -0.2) is 12.1 Å². The van der Waals surface area contributed by atoms with Crippen LogP contribution < -0.4 is 11.1 Å². The second-order valence-corrected chi connectivity index (χ2v) is 4.47. The number of fused-ring (bicyclic) bond motifs is 1. The van der Waals surface area contributed by atoms with Crippen molar-refractivity contribution in [2.75, 3.05) is 5.32 Å².